The Morgan fingerprint density at radius 3 is 2.41 bits per heavy atom. The number of hydrogen-bond acceptors (Lipinski definition) is 9. The van der Waals surface area contributed by atoms with Gasteiger partial charge < -0.3 is 24.2 Å². The van der Waals surface area contributed by atoms with Crippen LogP contribution < -0.4 is 14.7 Å². The predicted molar refractivity (Wildman–Crippen MR) is 158 cm³/mol. The number of likely N-dealkylation sites (tertiary alicyclic amines) is 1. The molecule has 1 aromatic heterocycles. The molecule has 0 radical (unpaired) electrons. The highest BCUT2D eigenvalue weighted by Crippen LogP contribution is 2.42. The summed E-state index contributed by atoms with van der Waals surface area (Å²) in [6.45, 7) is 14.1. The molecule has 3 atom stereocenters. The standard InChI is InChI=1S/C29H41ClN6O5/c1-7-33(8-2)27-31-18-23-24(32-27)35(19(3)36(23)26(30)38)22(25(37)41-29(4,5)6)17-20-11-13-21(14-12-20)40-28(39)34-15-9-10-16-34/h11-13,18-19,21-22H,7-10,14-17H2,1-6H3/t19?,21?,22-/m0/s1. The molecule has 0 saturated carbocycles. The van der Waals surface area contributed by atoms with Crippen LogP contribution in [0.3, 0.4) is 0 Å². The number of anilines is 3. The third kappa shape index (κ3) is 6.94. The number of fused-ring (bicyclic) bond motifs is 1. The van der Waals surface area contributed by atoms with Gasteiger partial charge in [0.1, 0.15) is 29.6 Å². The van der Waals surface area contributed by atoms with E-state index in [-0.39, 0.29) is 18.6 Å². The van der Waals surface area contributed by atoms with Crippen molar-refractivity contribution in [3.05, 3.63) is 30.0 Å². The van der Waals surface area contributed by atoms with Crippen molar-refractivity contribution in [3.63, 3.8) is 0 Å². The largest absolute Gasteiger partial charge is 0.458 e. The van der Waals surface area contributed by atoms with E-state index in [1.54, 1.807) is 22.9 Å². The van der Waals surface area contributed by atoms with Crippen LogP contribution in [0.15, 0.2) is 30.0 Å². The number of aromatic nitrogens is 2. The van der Waals surface area contributed by atoms with Crippen LogP contribution in [0, 0.1) is 0 Å². The topological polar surface area (TPSA) is 108 Å². The van der Waals surface area contributed by atoms with E-state index in [0.29, 0.717) is 37.0 Å². The molecule has 3 heterocycles. The van der Waals surface area contributed by atoms with E-state index < -0.39 is 29.1 Å². The molecule has 1 aliphatic carbocycles. The molecule has 0 aromatic carbocycles. The van der Waals surface area contributed by atoms with E-state index in [4.69, 9.17) is 26.1 Å². The molecule has 0 bridgehead atoms. The van der Waals surface area contributed by atoms with Crippen LogP contribution in [0.4, 0.5) is 27.0 Å². The number of nitrogens with zero attached hydrogens (tertiary/aromatic N) is 6. The fourth-order valence-corrected chi connectivity index (χ4v) is 5.64. The van der Waals surface area contributed by atoms with Crippen molar-refractivity contribution in [1.29, 1.82) is 0 Å². The first kappa shape index (κ1) is 30.6. The van der Waals surface area contributed by atoms with Crippen molar-refractivity contribution in [2.24, 2.45) is 0 Å². The summed E-state index contributed by atoms with van der Waals surface area (Å²) in [7, 11) is 0. The van der Waals surface area contributed by atoms with Gasteiger partial charge in [-0.05, 0) is 77.6 Å². The molecular formula is C29H41ClN6O5. The second kappa shape index (κ2) is 12.7. The first-order valence-corrected chi connectivity index (χ1v) is 14.8. The van der Waals surface area contributed by atoms with Crippen molar-refractivity contribution < 1.29 is 23.9 Å². The lowest BCUT2D eigenvalue weighted by atomic mass is 9.97. The monoisotopic (exact) mass is 588 g/mol. The summed E-state index contributed by atoms with van der Waals surface area (Å²) in [5.41, 5.74) is 0.591. The number of carbonyl (C=O) groups is 3. The molecule has 41 heavy (non-hydrogen) atoms. The van der Waals surface area contributed by atoms with E-state index in [2.05, 4.69) is 4.98 Å². The van der Waals surface area contributed by atoms with Gasteiger partial charge in [-0.3, -0.25) is 9.69 Å². The highest BCUT2D eigenvalue weighted by molar-refractivity contribution is 6.66. The summed E-state index contributed by atoms with van der Waals surface area (Å²) in [6.07, 6.45) is 8.81. The lowest BCUT2D eigenvalue weighted by molar-refractivity contribution is -0.156. The minimum absolute atomic E-state index is 0.289. The maximum atomic E-state index is 13.8. The maximum Gasteiger partial charge on any atom is 0.410 e. The summed E-state index contributed by atoms with van der Waals surface area (Å²) in [5, 5.41) is -0.692. The number of carbonyl (C=O) groups excluding carboxylic acids is 3. The Balaban J connectivity index is 1.63. The average molecular weight is 589 g/mol. The Kier molecular flexibility index (Phi) is 9.46. The molecule has 1 fully saturated rings. The Labute approximate surface area is 247 Å². The van der Waals surface area contributed by atoms with Gasteiger partial charge in [0.25, 0.3) is 0 Å². The number of esters is 1. The third-order valence-corrected chi connectivity index (χ3v) is 7.63. The van der Waals surface area contributed by atoms with Crippen LogP contribution >= 0.6 is 11.6 Å². The molecule has 2 unspecified atom stereocenters. The first-order chi connectivity index (χ1) is 19.4. The molecule has 0 spiro atoms. The van der Waals surface area contributed by atoms with Gasteiger partial charge in [-0.2, -0.15) is 4.98 Å². The molecular weight excluding hydrogens is 548 g/mol. The normalized spacial score (nSPS) is 21.0. The molecule has 3 aliphatic rings. The van der Waals surface area contributed by atoms with Gasteiger partial charge in [-0.1, -0.05) is 12.2 Å². The number of hydrogen-bond donors (Lipinski definition) is 0. The molecule has 224 valence electrons. The van der Waals surface area contributed by atoms with Crippen LogP contribution in [0.5, 0.6) is 0 Å². The van der Waals surface area contributed by atoms with Crippen molar-refractivity contribution in [1.82, 2.24) is 14.9 Å². The van der Waals surface area contributed by atoms with E-state index in [1.807, 2.05) is 57.7 Å². The molecule has 2 aliphatic heterocycles. The fourth-order valence-electron chi connectivity index (χ4n) is 5.40. The summed E-state index contributed by atoms with van der Waals surface area (Å²) in [6, 6.07) is -0.817. The summed E-state index contributed by atoms with van der Waals surface area (Å²) < 4.78 is 11.5. The summed E-state index contributed by atoms with van der Waals surface area (Å²) in [5.74, 6) is 0.494. The van der Waals surface area contributed by atoms with E-state index >= 15 is 0 Å². The summed E-state index contributed by atoms with van der Waals surface area (Å²) >= 11 is 6.03. The van der Waals surface area contributed by atoms with Crippen LogP contribution in [0.2, 0.25) is 0 Å². The van der Waals surface area contributed by atoms with Crippen LogP contribution in [0.1, 0.15) is 67.2 Å². The Bertz CT molecular complexity index is 1200. The minimum Gasteiger partial charge on any atom is -0.458 e. The van der Waals surface area contributed by atoms with E-state index in [1.165, 1.54) is 4.90 Å². The smallest absolute Gasteiger partial charge is 0.410 e. The molecule has 2 amide bonds. The van der Waals surface area contributed by atoms with Crippen LogP contribution in [0.25, 0.3) is 0 Å². The molecule has 1 saturated heterocycles. The zero-order valence-corrected chi connectivity index (χ0v) is 25.6. The second-order valence-corrected chi connectivity index (χ2v) is 11.8. The number of ether oxygens (including phenoxy) is 2. The second-order valence-electron chi connectivity index (χ2n) is 11.5. The van der Waals surface area contributed by atoms with Gasteiger partial charge >= 0.3 is 17.4 Å². The maximum absolute atomic E-state index is 13.8. The molecule has 4 rings (SSSR count). The fraction of sp³-hybridized carbons (Fsp3) is 0.621. The molecule has 11 nitrogen and oxygen atoms in total. The summed E-state index contributed by atoms with van der Waals surface area (Å²) in [4.78, 5) is 55.0. The van der Waals surface area contributed by atoms with Crippen molar-refractivity contribution >= 4 is 46.5 Å². The Morgan fingerprint density at radius 2 is 1.85 bits per heavy atom. The zero-order valence-electron chi connectivity index (χ0n) is 24.8. The average Bonchev–Trinajstić information content (AvgIpc) is 3.54. The van der Waals surface area contributed by atoms with Gasteiger partial charge in [0.2, 0.25) is 5.95 Å². The lowest BCUT2D eigenvalue weighted by Gasteiger charge is -2.35. The van der Waals surface area contributed by atoms with E-state index in [0.717, 1.165) is 31.5 Å². The van der Waals surface area contributed by atoms with Crippen LogP contribution in [-0.4, -0.2) is 82.4 Å². The Morgan fingerprint density at radius 1 is 1.17 bits per heavy atom. The third-order valence-electron chi connectivity index (χ3n) is 7.45. The molecule has 12 heteroatoms. The van der Waals surface area contributed by atoms with Gasteiger partial charge in [-0.15, -0.1) is 0 Å². The van der Waals surface area contributed by atoms with Crippen molar-refractivity contribution in [2.45, 2.75) is 91.1 Å². The number of halogens is 1. The van der Waals surface area contributed by atoms with Gasteiger partial charge in [-0.25, -0.2) is 14.6 Å². The van der Waals surface area contributed by atoms with Crippen molar-refractivity contribution in [2.75, 3.05) is 40.9 Å². The highest BCUT2D eigenvalue weighted by atomic mass is 35.5. The quantitative estimate of drug-likeness (QED) is 0.229. The predicted octanol–water partition coefficient (Wildman–Crippen LogP) is 5.24. The SMILES string of the molecule is CCN(CC)c1ncc2c(n1)N([C@@H](CC1=CCC(OC(=O)N3CCCC3)C=C1)C(=O)OC(C)(C)C)C(C)N2C(=O)Cl. The highest BCUT2D eigenvalue weighted by Gasteiger charge is 2.45. The number of amides is 2. The lowest BCUT2D eigenvalue weighted by Crippen LogP contribution is -2.52. The van der Waals surface area contributed by atoms with Gasteiger partial charge in [0.05, 0.1) is 6.20 Å². The minimum atomic E-state index is -0.817. The zero-order chi connectivity index (χ0) is 29.9. The van der Waals surface area contributed by atoms with E-state index in [9.17, 15) is 14.4 Å². The van der Waals surface area contributed by atoms with Crippen molar-refractivity contribution in [3.8, 4) is 0 Å². The first-order valence-electron chi connectivity index (χ1n) is 14.4. The van der Waals surface area contributed by atoms with Crippen LogP contribution in [-0.2, 0) is 14.3 Å². The molecule has 0 N–H and O–H groups in total. The number of allylic oxidation sites excluding steroid dienone is 1. The van der Waals surface area contributed by atoms with Gasteiger partial charge in [0.15, 0.2) is 5.82 Å². The number of rotatable bonds is 8. The Hall–Kier alpha value is -3.34. The molecule has 1 aromatic rings. The van der Waals surface area contributed by atoms with Gasteiger partial charge in [0, 0.05) is 39.0 Å².